The SMILES string of the molecule is O=C(CC1SC(=Nc2ccccc2)N(CCN2CCOCC2)C1=O)Nc1cc([N+](=O)[O-])ccc1Cl. The molecular weight excluding hydrogens is 494 g/mol. The molecule has 1 N–H and O–H groups in total. The van der Waals surface area contributed by atoms with Crippen LogP contribution >= 0.6 is 23.4 Å². The number of anilines is 1. The van der Waals surface area contributed by atoms with Gasteiger partial charge in [-0.2, -0.15) is 0 Å². The van der Waals surface area contributed by atoms with Crippen molar-refractivity contribution in [3.8, 4) is 0 Å². The normalized spacial score (nSPS) is 19.8. The molecule has 0 bridgehead atoms. The van der Waals surface area contributed by atoms with Gasteiger partial charge in [-0.3, -0.25) is 29.5 Å². The molecule has 2 aliphatic heterocycles. The number of non-ortho nitro benzene ring substituents is 1. The lowest BCUT2D eigenvalue weighted by atomic mass is 10.2. The zero-order chi connectivity index (χ0) is 24.8. The van der Waals surface area contributed by atoms with E-state index in [4.69, 9.17) is 16.3 Å². The maximum absolute atomic E-state index is 13.3. The maximum Gasteiger partial charge on any atom is 0.271 e. The number of morpholine rings is 1. The van der Waals surface area contributed by atoms with Gasteiger partial charge < -0.3 is 10.1 Å². The molecular formula is C23H24ClN5O5S. The Morgan fingerprint density at radius 1 is 1.20 bits per heavy atom. The van der Waals surface area contributed by atoms with E-state index >= 15 is 0 Å². The van der Waals surface area contributed by atoms with Crippen LogP contribution in [0.5, 0.6) is 0 Å². The minimum absolute atomic E-state index is 0.121. The van der Waals surface area contributed by atoms with Gasteiger partial charge in [-0.15, -0.1) is 0 Å². The van der Waals surface area contributed by atoms with Gasteiger partial charge >= 0.3 is 0 Å². The number of amidine groups is 1. The fraction of sp³-hybridized carbons (Fsp3) is 0.348. The topological polar surface area (TPSA) is 117 Å². The van der Waals surface area contributed by atoms with Gasteiger partial charge in [-0.25, -0.2) is 4.99 Å². The summed E-state index contributed by atoms with van der Waals surface area (Å²) in [6.45, 7) is 4.05. The number of ether oxygens (including phenoxy) is 1. The third-order valence-electron chi connectivity index (χ3n) is 5.55. The lowest BCUT2D eigenvalue weighted by Crippen LogP contribution is -2.43. The van der Waals surface area contributed by atoms with Crippen molar-refractivity contribution in [2.24, 2.45) is 4.99 Å². The summed E-state index contributed by atoms with van der Waals surface area (Å²) in [7, 11) is 0. The van der Waals surface area contributed by atoms with Gasteiger partial charge in [0.05, 0.1) is 34.5 Å². The van der Waals surface area contributed by atoms with E-state index in [0.29, 0.717) is 37.2 Å². The van der Waals surface area contributed by atoms with Crippen molar-refractivity contribution in [3.63, 3.8) is 0 Å². The van der Waals surface area contributed by atoms with Crippen LogP contribution in [-0.4, -0.2) is 76.3 Å². The molecule has 2 aliphatic rings. The molecule has 2 aromatic carbocycles. The highest BCUT2D eigenvalue weighted by molar-refractivity contribution is 8.15. The third kappa shape index (κ3) is 6.57. The van der Waals surface area contributed by atoms with Crippen LogP contribution in [0, 0.1) is 10.1 Å². The predicted molar refractivity (Wildman–Crippen MR) is 135 cm³/mol. The summed E-state index contributed by atoms with van der Waals surface area (Å²) < 4.78 is 5.39. The molecule has 0 spiro atoms. The second-order valence-corrected chi connectivity index (χ2v) is 9.53. The Hall–Kier alpha value is -2.99. The summed E-state index contributed by atoms with van der Waals surface area (Å²) in [4.78, 5) is 45.0. The van der Waals surface area contributed by atoms with Gasteiger partial charge in [0.2, 0.25) is 11.8 Å². The Morgan fingerprint density at radius 2 is 1.94 bits per heavy atom. The van der Waals surface area contributed by atoms with E-state index in [0.717, 1.165) is 13.1 Å². The quantitative estimate of drug-likeness (QED) is 0.420. The van der Waals surface area contributed by atoms with Crippen LogP contribution in [-0.2, 0) is 14.3 Å². The van der Waals surface area contributed by atoms with Crippen LogP contribution < -0.4 is 5.32 Å². The first-order valence-corrected chi connectivity index (χ1v) is 12.3. The monoisotopic (exact) mass is 517 g/mol. The minimum Gasteiger partial charge on any atom is -0.379 e. The van der Waals surface area contributed by atoms with Crippen LogP contribution in [0.1, 0.15) is 6.42 Å². The molecule has 0 aromatic heterocycles. The fourth-order valence-electron chi connectivity index (χ4n) is 3.70. The van der Waals surface area contributed by atoms with E-state index in [1.807, 2.05) is 30.3 Å². The van der Waals surface area contributed by atoms with Crippen molar-refractivity contribution in [3.05, 3.63) is 63.7 Å². The maximum atomic E-state index is 13.3. The number of halogens is 1. The zero-order valence-electron chi connectivity index (χ0n) is 18.8. The lowest BCUT2D eigenvalue weighted by molar-refractivity contribution is -0.384. The molecule has 2 saturated heterocycles. The number of hydrogen-bond acceptors (Lipinski definition) is 8. The van der Waals surface area contributed by atoms with E-state index in [2.05, 4.69) is 15.2 Å². The van der Waals surface area contributed by atoms with Gasteiger partial charge in [0, 0.05) is 44.7 Å². The summed E-state index contributed by atoms with van der Waals surface area (Å²) in [6.07, 6.45) is -0.121. The molecule has 1 atom stereocenters. The van der Waals surface area contributed by atoms with Crippen molar-refractivity contribution < 1.29 is 19.2 Å². The van der Waals surface area contributed by atoms with Crippen molar-refractivity contribution in [2.45, 2.75) is 11.7 Å². The zero-order valence-corrected chi connectivity index (χ0v) is 20.3. The Balaban J connectivity index is 1.47. The first-order valence-electron chi connectivity index (χ1n) is 11.1. The third-order valence-corrected chi connectivity index (χ3v) is 7.06. The van der Waals surface area contributed by atoms with E-state index in [1.54, 1.807) is 4.90 Å². The number of nitrogens with one attached hydrogen (secondary N) is 1. The summed E-state index contributed by atoms with van der Waals surface area (Å²) in [6, 6.07) is 13.1. The molecule has 2 heterocycles. The number of carbonyl (C=O) groups excluding carboxylic acids is 2. The number of benzene rings is 2. The number of nitro groups is 1. The first kappa shape index (κ1) is 25.1. The number of thioether (sulfide) groups is 1. The molecule has 35 heavy (non-hydrogen) atoms. The van der Waals surface area contributed by atoms with E-state index in [-0.39, 0.29) is 28.7 Å². The Morgan fingerprint density at radius 3 is 2.66 bits per heavy atom. The number of hydrogen-bond donors (Lipinski definition) is 1. The largest absolute Gasteiger partial charge is 0.379 e. The molecule has 0 radical (unpaired) electrons. The molecule has 2 aromatic rings. The van der Waals surface area contributed by atoms with E-state index < -0.39 is 16.1 Å². The highest BCUT2D eigenvalue weighted by atomic mass is 35.5. The van der Waals surface area contributed by atoms with Crippen molar-refractivity contribution in [1.29, 1.82) is 0 Å². The standard InChI is InChI=1S/C23H24ClN5O5S/c24-18-7-6-17(29(32)33)14-19(18)26-21(30)15-20-22(31)28(9-8-27-10-12-34-13-11-27)23(35-20)25-16-4-2-1-3-5-16/h1-7,14,20H,8-13,15H2,(H,26,30). The highest BCUT2D eigenvalue weighted by Crippen LogP contribution is 2.33. The van der Waals surface area contributed by atoms with E-state index in [9.17, 15) is 19.7 Å². The molecule has 2 amide bonds. The number of amides is 2. The average Bonchev–Trinajstić information content (AvgIpc) is 3.13. The van der Waals surface area contributed by atoms with Crippen LogP contribution in [0.25, 0.3) is 0 Å². The molecule has 4 rings (SSSR count). The smallest absolute Gasteiger partial charge is 0.271 e. The molecule has 12 heteroatoms. The van der Waals surface area contributed by atoms with Gasteiger partial charge in [0.1, 0.15) is 5.25 Å². The van der Waals surface area contributed by atoms with Crippen LogP contribution in [0.2, 0.25) is 5.02 Å². The first-order chi connectivity index (χ1) is 16.9. The molecule has 1 unspecified atom stereocenters. The number of carbonyl (C=O) groups is 2. The number of nitrogens with zero attached hydrogens (tertiary/aromatic N) is 4. The summed E-state index contributed by atoms with van der Waals surface area (Å²) in [5.74, 6) is -0.662. The van der Waals surface area contributed by atoms with Crippen molar-refractivity contribution >= 4 is 57.4 Å². The summed E-state index contributed by atoms with van der Waals surface area (Å²) >= 11 is 7.33. The number of nitro benzene ring substituents is 1. The van der Waals surface area contributed by atoms with Gasteiger partial charge in [0.25, 0.3) is 5.69 Å². The summed E-state index contributed by atoms with van der Waals surface area (Å²) in [5.41, 5.74) is 0.652. The second-order valence-electron chi connectivity index (χ2n) is 7.95. The molecule has 0 saturated carbocycles. The van der Waals surface area contributed by atoms with Gasteiger partial charge in [-0.1, -0.05) is 41.6 Å². The Labute approximate surface area is 211 Å². The van der Waals surface area contributed by atoms with Crippen molar-refractivity contribution in [2.75, 3.05) is 44.7 Å². The fourth-order valence-corrected chi connectivity index (χ4v) is 5.05. The van der Waals surface area contributed by atoms with E-state index in [1.165, 1.54) is 30.0 Å². The number of aliphatic imine (C=N–C) groups is 1. The van der Waals surface area contributed by atoms with Gasteiger partial charge in [-0.05, 0) is 18.2 Å². The highest BCUT2D eigenvalue weighted by Gasteiger charge is 2.39. The van der Waals surface area contributed by atoms with Gasteiger partial charge in [0.15, 0.2) is 5.17 Å². The average molecular weight is 518 g/mol. The minimum atomic E-state index is -0.667. The number of para-hydroxylation sites is 1. The van der Waals surface area contributed by atoms with Crippen LogP contribution in [0.3, 0.4) is 0 Å². The predicted octanol–water partition coefficient (Wildman–Crippen LogP) is 3.54. The molecule has 2 fully saturated rings. The van der Waals surface area contributed by atoms with Crippen LogP contribution in [0.4, 0.5) is 17.1 Å². The molecule has 0 aliphatic carbocycles. The second kappa shape index (κ2) is 11.6. The molecule has 184 valence electrons. The lowest BCUT2D eigenvalue weighted by Gasteiger charge is -2.28. The van der Waals surface area contributed by atoms with Crippen LogP contribution in [0.15, 0.2) is 53.5 Å². The Bertz CT molecular complexity index is 1130. The molecule has 10 nitrogen and oxygen atoms in total. The number of rotatable bonds is 8. The Kier molecular flexibility index (Phi) is 8.34. The van der Waals surface area contributed by atoms with Crippen molar-refractivity contribution in [1.82, 2.24) is 9.80 Å². The summed E-state index contributed by atoms with van der Waals surface area (Å²) in [5, 5.41) is 13.7.